The topological polar surface area (TPSA) is 68.5 Å². The van der Waals surface area contributed by atoms with Crippen LogP contribution in [0, 0.1) is 6.92 Å². The molecule has 1 heterocycles. The van der Waals surface area contributed by atoms with E-state index in [1.165, 1.54) is 0 Å². The Kier molecular flexibility index (Phi) is 6.46. The van der Waals surface area contributed by atoms with E-state index >= 15 is 0 Å². The van der Waals surface area contributed by atoms with Crippen molar-refractivity contribution in [2.24, 2.45) is 0 Å². The van der Waals surface area contributed by atoms with Gasteiger partial charge in [-0.15, -0.1) is 0 Å². The lowest BCUT2D eigenvalue weighted by molar-refractivity contribution is -0.148. The van der Waals surface area contributed by atoms with Crippen LogP contribution in [0.3, 0.4) is 0 Å². The van der Waals surface area contributed by atoms with Gasteiger partial charge in [0.05, 0.1) is 0 Å². The first-order valence-corrected chi connectivity index (χ1v) is 10.2. The van der Waals surface area contributed by atoms with Crippen molar-refractivity contribution in [3.8, 4) is 17.1 Å². The Morgan fingerprint density at radius 1 is 1.13 bits per heavy atom. The second-order valence-electron chi connectivity index (χ2n) is 7.97. The predicted octanol–water partition coefficient (Wildman–Crippen LogP) is 5.29. The van der Waals surface area contributed by atoms with Crippen LogP contribution in [-0.2, 0) is 11.3 Å². The largest absolute Gasteiger partial charge is 0.478 e. The number of carbonyl (C=O) groups is 1. The summed E-state index contributed by atoms with van der Waals surface area (Å²) >= 11 is 5.93. The molecule has 0 aliphatic heterocycles. The van der Waals surface area contributed by atoms with Crippen molar-refractivity contribution in [3.05, 3.63) is 65.0 Å². The van der Waals surface area contributed by atoms with E-state index in [0.29, 0.717) is 22.5 Å². The summed E-state index contributed by atoms with van der Waals surface area (Å²) in [6, 6.07) is 14.7. The third kappa shape index (κ3) is 5.19. The molecular formula is C23H26ClN3O3. The molecule has 1 aromatic heterocycles. The minimum absolute atomic E-state index is 0.0830. The monoisotopic (exact) mass is 427 g/mol. The molecule has 1 amide bonds. The van der Waals surface area contributed by atoms with Crippen LogP contribution >= 0.6 is 11.6 Å². The van der Waals surface area contributed by atoms with E-state index in [2.05, 4.69) is 10.1 Å². The smallest absolute Gasteiger partial charge is 0.266 e. The molecule has 0 saturated heterocycles. The van der Waals surface area contributed by atoms with E-state index in [0.717, 1.165) is 11.1 Å². The Hall–Kier alpha value is -2.86. The lowest BCUT2D eigenvalue weighted by Gasteiger charge is -2.34. The van der Waals surface area contributed by atoms with E-state index < -0.39 is 5.60 Å². The van der Waals surface area contributed by atoms with Crippen LogP contribution in [0.2, 0.25) is 5.02 Å². The molecule has 6 nitrogen and oxygen atoms in total. The molecule has 0 unspecified atom stereocenters. The van der Waals surface area contributed by atoms with Gasteiger partial charge in [-0.25, -0.2) is 0 Å². The standard InChI is InChI=1S/C23H26ClN3O3/c1-15(2)27(22(28)23(4,5)29-19-12-10-18(24)11-13-19)14-20-25-21(26-30-20)17-8-6-16(3)7-9-17/h6-13,15H,14H2,1-5H3. The van der Waals surface area contributed by atoms with Gasteiger partial charge in [-0.05, 0) is 58.9 Å². The molecule has 7 heteroatoms. The lowest BCUT2D eigenvalue weighted by atomic mass is 10.1. The first kappa shape index (κ1) is 21.8. The van der Waals surface area contributed by atoms with Crippen LogP contribution < -0.4 is 4.74 Å². The van der Waals surface area contributed by atoms with Gasteiger partial charge in [-0.1, -0.05) is 46.6 Å². The van der Waals surface area contributed by atoms with Crippen LogP contribution in [0.25, 0.3) is 11.4 Å². The number of amides is 1. The molecule has 0 aliphatic carbocycles. The van der Waals surface area contributed by atoms with Crippen molar-refractivity contribution in [1.82, 2.24) is 15.0 Å². The number of aryl methyl sites for hydroxylation is 1. The van der Waals surface area contributed by atoms with Crippen molar-refractivity contribution in [2.45, 2.75) is 52.8 Å². The van der Waals surface area contributed by atoms with Gasteiger partial charge >= 0.3 is 0 Å². The average Bonchev–Trinajstić information content (AvgIpc) is 3.16. The Labute approximate surface area is 181 Å². The van der Waals surface area contributed by atoms with Crippen LogP contribution in [-0.4, -0.2) is 32.6 Å². The molecule has 0 spiro atoms. The molecule has 0 N–H and O–H groups in total. The number of benzene rings is 2. The average molecular weight is 428 g/mol. The van der Waals surface area contributed by atoms with Gasteiger partial charge < -0.3 is 14.2 Å². The van der Waals surface area contributed by atoms with Crippen molar-refractivity contribution >= 4 is 17.5 Å². The Morgan fingerprint density at radius 3 is 2.37 bits per heavy atom. The fourth-order valence-corrected chi connectivity index (χ4v) is 3.09. The summed E-state index contributed by atoms with van der Waals surface area (Å²) in [4.78, 5) is 19.4. The number of hydrogen-bond acceptors (Lipinski definition) is 5. The van der Waals surface area contributed by atoms with Gasteiger partial charge in [0, 0.05) is 16.6 Å². The van der Waals surface area contributed by atoms with E-state index in [1.807, 2.05) is 45.0 Å². The zero-order valence-electron chi connectivity index (χ0n) is 17.8. The summed E-state index contributed by atoms with van der Waals surface area (Å²) in [5, 5.41) is 4.67. The minimum Gasteiger partial charge on any atom is -0.478 e. The number of nitrogens with zero attached hydrogens (tertiary/aromatic N) is 3. The maximum Gasteiger partial charge on any atom is 0.266 e. The maximum absolute atomic E-state index is 13.3. The van der Waals surface area contributed by atoms with E-state index in [4.69, 9.17) is 20.9 Å². The van der Waals surface area contributed by atoms with Crippen molar-refractivity contribution < 1.29 is 14.1 Å². The van der Waals surface area contributed by atoms with Gasteiger partial charge in [-0.3, -0.25) is 4.79 Å². The number of ether oxygens (including phenoxy) is 1. The van der Waals surface area contributed by atoms with E-state index in [-0.39, 0.29) is 18.5 Å². The van der Waals surface area contributed by atoms with Gasteiger partial charge in [-0.2, -0.15) is 4.98 Å². The Bertz CT molecular complexity index is 995. The summed E-state index contributed by atoms with van der Waals surface area (Å²) in [6.07, 6.45) is 0. The Balaban J connectivity index is 1.75. The van der Waals surface area contributed by atoms with Crippen molar-refractivity contribution in [3.63, 3.8) is 0 Å². The molecule has 0 fully saturated rings. The number of aromatic nitrogens is 2. The highest BCUT2D eigenvalue weighted by Gasteiger charge is 2.36. The third-order valence-corrected chi connectivity index (χ3v) is 4.92. The fraction of sp³-hybridized carbons (Fsp3) is 0.348. The quantitative estimate of drug-likeness (QED) is 0.512. The summed E-state index contributed by atoms with van der Waals surface area (Å²) in [7, 11) is 0. The third-order valence-electron chi connectivity index (χ3n) is 4.67. The first-order chi connectivity index (χ1) is 14.2. The molecule has 30 heavy (non-hydrogen) atoms. The molecule has 3 rings (SSSR count). The van der Waals surface area contributed by atoms with Crippen LogP contribution in [0.15, 0.2) is 53.1 Å². The lowest BCUT2D eigenvalue weighted by Crippen LogP contribution is -2.51. The normalized spacial score (nSPS) is 11.6. The second-order valence-corrected chi connectivity index (χ2v) is 8.41. The van der Waals surface area contributed by atoms with Crippen LogP contribution in [0.5, 0.6) is 5.75 Å². The molecule has 0 saturated carbocycles. The summed E-state index contributed by atoms with van der Waals surface area (Å²) in [6.45, 7) is 9.57. The SMILES string of the molecule is Cc1ccc(-c2noc(CN(C(=O)C(C)(C)Oc3ccc(Cl)cc3)C(C)C)n2)cc1. The molecule has 0 atom stereocenters. The van der Waals surface area contributed by atoms with Gasteiger partial charge in [0.25, 0.3) is 5.91 Å². The predicted molar refractivity (Wildman–Crippen MR) is 116 cm³/mol. The van der Waals surface area contributed by atoms with Crippen LogP contribution in [0.4, 0.5) is 0 Å². The zero-order chi connectivity index (χ0) is 21.9. The number of rotatable bonds is 7. The molecular weight excluding hydrogens is 402 g/mol. The van der Waals surface area contributed by atoms with Gasteiger partial charge in [0.2, 0.25) is 11.7 Å². The molecule has 0 bridgehead atoms. The first-order valence-electron chi connectivity index (χ1n) is 9.81. The minimum atomic E-state index is -1.09. The summed E-state index contributed by atoms with van der Waals surface area (Å²) in [5.74, 6) is 1.26. The summed E-state index contributed by atoms with van der Waals surface area (Å²) < 4.78 is 11.4. The maximum atomic E-state index is 13.3. The fourth-order valence-electron chi connectivity index (χ4n) is 2.96. The summed E-state index contributed by atoms with van der Waals surface area (Å²) in [5.41, 5.74) is 0.934. The molecule has 158 valence electrons. The van der Waals surface area contributed by atoms with Gasteiger partial charge in [0.15, 0.2) is 5.60 Å². The second kappa shape index (κ2) is 8.88. The Morgan fingerprint density at radius 2 is 1.77 bits per heavy atom. The van der Waals surface area contributed by atoms with E-state index in [1.54, 1.807) is 43.0 Å². The molecule has 2 aromatic carbocycles. The molecule has 0 radical (unpaired) electrons. The van der Waals surface area contributed by atoms with E-state index in [9.17, 15) is 4.79 Å². The highest BCUT2D eigenvalue weighted by molar-refractivity contribution is 6.30. The molecule has 3 aromatic rings. The number of hydrogen-bond donors (Lipinski definition) is 0. The highest BCUT2D eigenvalue weighted by Crippen LogP contribution is 2.24. The van der Waals surface area contributed by atoms with Gasteiger partial charge in [0.1, 0.15) is 12.3 Å². The van der Waals surface area contributed by atoms with Crippen molar-refractivity contribution in [2.75, 3.05) is 0 Å². The zero-order valence-corrected chi connectivity index (χ0v) is 18.6. The number of halogens is 1. The van der Waals surface area contributed by atoms with Crippen molar-refractivity contribution in [1.29, 1.82) is 0 Å². The molecule has 0 aliphatic rings. The van der Waals surface area contributed by atoms with Crippen LogP contribution in [0.1, 0.15) is 39.1 Å². The number of carbonyl (C=O) groups excluding carboxylic acids is 1. The highest BCUT2D eigenvalue weighted by atomic mass is 35.5.